The van der Waals surface area contributed by atoms with Crippen LogP contribution < -0.4 is 10.2 Å². The maximum atomic E-state index is 15.2. The van der Waals surface area contributed by atoms with E-state index in [0.717, 1.165) is 4.90 Å². The molecule has 3 N–H and O–H groups in total. The summed E-state index contributed by atoms with van der Waals surface area (Å²) in [5, 5.41) is 14.4. The van der Waals surface area contributed by atoms with E-state index in [2.05, 4.69) is 20.0 Å². The third kappa shape index (κ3) is 3.51. The number of aromatic nitrogens is 2. The van der Waals surface area contributed by atoms with Gasteiger partial charge in [-0.05, 0) is 36.4 Å². The highest BCUT2D eigenvalue weighted by molar-refractivity contribution is 6.38. The summed E-state index contributed by atoms with van der Waals surface area (Å²) in [4.78, 5) is 33.1. The van der Waals surface area contributed by atoms with E-state index in [1.165, 1.54) is 49.6 Å². The number of carbonyl (C=O) groups is 2. The van der Waals surface area contributed by atoms with Crippen molar-refractivity contribution in [3.05, 3.63) is 86.1 Å². The van der Waals surface area contributed by atoms with Gasteiger partial charge in [-0.3, -0.25) is 15.0 Å². The molecule has 1 atom stereocenters. The molecule has 2 heterocycles. The Morgan fingerprint density at radius 1 is 1.14 bits per heavy atom. The van der Waals surface area contributed by atoms with Crippen molar-refractivity contribution in [3.63, 3.8) is 0 Å². The van der Waals surface area contributed by atoms with Gasteiger partial charge in [0.1, 0.15) is 0 Å². The van der Waals surface area contributed by atoms with E-state index >= 15 is 4.39 Å². The molecule has 0 spiro atoms. The van der Waals surface area contributed by atoms with Gasteiger partial charge < -0.3 is 14.8 Å². The largest absolute Gasteiger partial charge is 0.453 e. The van der Waals surface area contributed by atoms with Crippen molar-refractivity contribution in [1.82, 2.24) is 9.97 Å². The number of imidazole rings is 1. The molecule has 0 saturated carbocycles. The molecule has 0 aliphatic carbocycles. The third-order valence-corrected chi connectivity index (χ3v) is 6.58. The molecule has 2 amide bonds. The van der Waals surface area contributed by atoms with Gasteiger partial charge in [-0.25, -0.2) is 14.2 Å². The van der Waals surface area contributed by atoms with Crippen LogP contribution in [0.25, 0.3) is 11.0 Å². The second-order valence-electron chi connectivity index (χ2n) is 7.60. The Kier molecular flexibility index (Phi) is 5.60. The molecule has 0 radical (unpaired) electrons. The number of aliphatic hydroxyl groups is 1. The molecular weight excluding hydrogens is 522 g/mol. The first-order valence-corrected chi connectivity index (χ1v) is 11.1. The Morgan fingerprint density at radius 3 is 2.63 bits per heavy atom. The number of nitrogens with one attached hydrogen (secondary N) is 2. The number of aromatic amines is 1. The Labute approximate surface area is 212 Å². The number of fused-ring (bicyclic) bond motifs is 2. The summed E-state index contributed by atoms with van der Waals surface area (Å²) in [6.07, 6.45) is -0.734. The van der Waals surface area contributed by atoms with Crippen LogP contribution in [0.2, 0.25) is 15.1 Å². The van der Waals surface area contributed by atoms with E-state index in [1.54, 1.807) is 6.07 Å². The number of ether oxygens (including phenoxy) is 1. The monoisotopic (exact) mass is 534 g/mol. The van der Waals surface area contributed by atoms with Gasteiger partial charge in [0.15, 0.2) is 5.82 Å². The summed E-state index contributed by atoms with van der Waals surface area (Å²) in [6.45, 7) is 0. The van der Waals surface area contributed by atoms with Crippen LogP contribution in [-0.2, 0) is 10.5 Å². The molecule has 12 heteroatoms. The fourth-order valence-electron chi connectivity index (χ4n) is 4.13. The molecule has 3 aromatic carbocycles. The van der Waals surface area contributed by atoms with Gasteiger partial charge in [0.2, 0.25) is 11.7 Å². The Bertz CT molecular complexity index is 1540. The number of benzene rings is 3. The molecule has 4 aromatic rings. The standard InChI is InChI=1S/C23H14Cl3FN4O4/c1-35-22(33)30-21-28-14-8-5-10(9-15(14)29-21)23(34)18-12(25)7-6-11(24)17(18)20(32)31(23)16-4-2-3-13(26)19(16)27/h2-9,34H,1H3,(H2,28,29,30,33). The zero-order chi connectivity index (χ0) is 25.1. The lowest BCUT2D eigenvalue weighted by Crippen LogP contribution is -2.45. The average Bonchev–Trinajstić information content (AvgIpc) is 3.34. The molecule has 1 aromatic heterocycles. The fourth-order valence-corrected chi connectivity index (χ4v) is 4.83. The van der Waals surface area contributed by atoms with Crippen molar-refractivity contribution in [2.75, 3.05) is 17.3 Å². The maximum absolute atomic E-state index is 15.2. The van der Waals surface area contributed by atoms with Gasteiger partial charge in [-0.2, -0.15) is 0 Å². The lowest BCUT2D eigenvalue weighted by molar-refractivity contribution is 0.0699. The normalized spacial score (nSPS) is 17.1. The summed E-state index contributed by atoms with van der Waals surface area (Å²) in [6, 6.07) is 11.5. The summed E-state index contributed by atoms with van der Waals surface area (Å²) in [5.41, 5.74) is -1.64. The maximum Gasteiger partial charge on any atom is 0.413 e. The van der Waals surface area contributed by atoms with Crippen LogP contribution in [0, 0.1) is 5.82 Å². The molecule has 0 fully saturated rings. The zero-order valence-electron chi connectivity index (χ0n) is 17.7. The quantitative estimate of drug-likeness (QED) is 0.312. The predicted octanol–water partition coefficient (Wildman–Crippen LogP) is 5.69. The van der Waals surface area contributed by atoms with Crippen molar-refractivity contribution >= 4 is 69.5 Å². The number of amides is 2. The third-order valence-electron chi connectivity index (χ3n) is 5.66. The predicted molar refractivity (Wildman–Crippen MR) is 130 cm³/mol. The lowest BCUT2D eigenvalue weighted by atomic mass is 9.93. The fraction of sp³-hybridized carbons (Fsp3) is 0.0870. The second kappa shape index (κ2) is 8.39. The smallest absolute Gasteiger partial charge is 0.413 e. The van der Waals surface area contributed by atoms with Crippen LogP contribution in [0.5, 0.6) is 0 Å². The van der Waals surface area contributed by atoms with Crippen LogP contribution in [0.4, 0.5) is 20.8 Å². The second-order valence-corrected chi connectivity index (χ2v) is 8.82. The van der Waals surface area contributed by atoms with Gasteiger partial charge in [-0.1, -0.05) is 46.9 Å². The molecule has 178 valence electrons. The van der Waals surface area contributed by atoms with Crippen molar-refractivity contribution in [1.29, 1.82) is 0 Å². The SMILES string of the molecule is COC(=O)Nc1nc2ccc(C3(O)c4c(Cl)ccc(Cl)c4C(=O)N3c3cccc(Cl)c3F)cc2[nH]1. The van der Waals surface area contributed by atoms with E-state index in [1.807, 2.05) is 0 Å². The minimum absolute atomic E-state index is 0.0113. The number of anilines is 2. The van der Waals surface area contributed by atoms with Crippen LogP contribution in [-0.4, -0.2) is 34.2 Å². The van der Waals surface area contributed by atoms with Crippen molar-refractivity contribution in [2.45, 2.75) is 5.72 Å². The lowest BCUT2D eigenvalue weighted by Gasteiger charge is -2.35. The number of rotatable bonds is 3. The first-order valence-electron chi connectivity index (χ1n) is 10.0. The highest BCUT2D eigenvalue weighted by Crippen LogP contribution is 2.50. The number of H-pyrrole nitrogens is 1. The summed E-state index contributed by atoms with van der Waals surface area (Å²) < 4.78 is 19.7. The first-order chi connectivity index (χ1) is 16.7. The van der Waals surface area contributed by atoms with E-state index in [9.17, 15) is 14.7 Å². The Hall–Kier alpha value is -3.37. The van der Waals surface area contributed by atoms with Crippen molar-refractivity contribution < 1.29 is 23.8 Å². The van der Waals surface area contributed by atoms with Crippen molar-refractivity contribution in [3.8, 4) is 0 Å². The van der Waals surface area contributed by atoms with E-state index in [4.69, 9.17) is 34.8 Å². The summed E-state index contributed by atoms with van der Waals surface area (Å²) >= 11 is 18.8. The molecular formula is C23H14Cl3FN4O4. The highest BCUT2D eigenvalue weighted by atomic mass is 35.5. The van der Waals surface area contributed by atoms with Gasteiger partial charge >= 0.3 is 6.09 Å². The Balaban J connectivity index is 1.76. The molecule has 1 aliphatic rings. The van der Waals surface area contributed by atoms with E-state index in [-0.39, 0.29) is 43.4 Å². The summed E-state index contributed by atoms with van der Waals surface area (Å²) in [5.74, 6) is -1.58. The molecule has 5 rings (SSSR count). The van der Waals surface area contributed by atoms with Crippen LogP contribution in [0.1, 0.15) is 21.5 Å². The van der Waals surface area contributed by atoms with Crippen LogP contribution in [0.3, 0.4) is 0 Å². The van der Waals surface area contributed by atoms with Gasteiger partial charge in [0.25, 0.3) is 5.91 Å². The van der Waals surface area contributed by atoms with Gasteiger partial charge in [0.05, 0.1) is 39.4 Å². The van der Waals surface area contributed by atoms with Crippen LogP contribution in [0.15, 0.2) is 48.5 Å². The van der Waals surface area contributed by atoms with Gasteiger partial charge in [-0.15, -0.1) is 0 Å². The minimum atomic E-state index is -2.27. The number of hydrogen-bond donors (Lipinski definition) is 3. The number of carbonyl (C=O) groups excluding carboxylic acids is 2. The van der Waals surface area contributed by atoms with Crippen LogP contribution >= 0.6 is 34.8 Å². The minimum Gasteiger partial charge on any atom is -0.453 e. The van der Waals surface area contributed by atoms with Gasteiger partial charge in [0, 0.05) is 16.1 Å². The molecule has 8 nitrogen and oxygen atoms in total. The average molecular weight is 536 g/mol. The number of halogens is 4. The molecule has 35 heavy (non-hydrogen) atoms. The van der Waals surface area contributed by atoms with Crippen molar-refractivity contribution in [2.24, 2.45) is 0 Å². The molecule has 1 aliphatic heterocycles. The zero-order valence-corrected chi connectivity index (χ0v) is 20.0. The number of nitrogens with zero attached hydrogens (tertiary/aromatic N) is 2. The molecule has 1 unspecified atom stereocenters. The number of methoxy groups -OCH3 is 1. The topological polar surface area (TPSA) is 108 Å². The number of hydrogen-bond acceptors (Lipinski definition) is 5. The Morgan fingerprint density at radius 2 is 1.89 bits per heavy atom. The van der Waals surface area contributed by atoms with E-state index < -0.39 is 23.5 Å². The molecule has 0 saturated heterocycles. The first kappa shape index (κ1) is 23.4. The molecule has 0 bridgehead atoms. The highest BCUT2D eigenvalue weighted by Gasteiger charge is 2.54. The summed E-state index contributed by atoms with van der Waals surface area (Å²) in [7, 11) is 1.21. The van der Waals surface area contributed by atoms with E-state index in [0.29, 0.717) is 11.0 Å².